The van der Waals surface area contributed by atoms with Gasteiger partial charge in [0.25, 0.3) is 5.56 Å². The summed E-state index contributed by atoms with van der Waals surface area (Å²) >= 11 is 3.36. The van der Waals surface area contributed by atoms with Crippen LogP contribution >= 0.6 is 15.9 Å². The normalized spacial score (nSPS) is 10.8. The van der Waals surface area contributed by atoms with E-state index in [4.69, 9.17) is 0 Å². The number of anilines is 1. The Balaban J connectivity index is 1.73. The van der Waals surface area contributed by atoms with Crippen molar-refractivity contribution in [2.75, 3.05) is 26.0 Å². The largest absolute Gasteiger partial charge is 0.378 e. The predicted molar refractivity (Wildman–Crippen MR) is 111 cm³/mol. The molecule has 0 atom stereocenters. The molecule has 3 rings (SSSR count). The van der Waals surface area contributed by atoms with Crippen molar-refractivity contribution >= 4 is 38.4 Å². The first-order chi connectivity index (χ1) is 12.8. The first kappa shape index (κ1) is 19.1. The van der Waals surface area contributed by atoms with Crippen molar-refractivity contribution < 1.29 is 4.79 Å². The molecule has 6 nitrogen and oxygen atoms in total. The lowest BCUT2D eigenvalue weighted by Crippen LogP contribution is -2.33. The molecule has 0 unspecified atom stereocenters. The topological polar surface area (TPSA) is 58.4 Å². The lowest BCUT2D eigenvalue weighted by molar-refractivity contribution is -0.131. The van der Waals surface area contributed by atoms with Gasteiger partial charge < -0.3 is 9.80 Å². The van der Waals surface area contributed by atoms with Gasteiger partial charge >= 0.3 is 0 Å². The lowest BCUT2D eigenvalue weighted by atomic mass is 10.2. The second-order valence-corrected chi connectivity index (χ2v) is 7.57. The Morgan fingerprint density at radius 3 is 2.48 bits per heavy atom. The molecule has 0 radical (unpaired) electrons. The van der Waals surface area contributed by atoms with Crippen LogP contribution in [-0.2, 0) is 17.9 Å². The summed E-state index contributed by atoms with van der Waals surface area (Å²) in [5.74, 6) is -0.148. The van der Waals surface area contributed by atoms with Gasteiger partial charge in [0.05, 0.1) is 17.2 Å². The molecule has 0 N–H and O–H groups in total. The predicted octanol–water partition coefficient (Wildman–Crippen LogP) is 2.88. The highest BCUT2D eigenvalue weighted by molar-refractivity contribution is 9.10. The molecule has 1 amide bonds. The van der Waals surface area contributed by atoms with Gasteiger partial charge in [-0.05, 0) is 35.9 Å². The summed E-state index contributed by atoms with van der Waals surface area (Å²) in [5.41, 5.74) is 2.52. The second-order valence-electron chi connectivity index (χ2n) is 6.65. The number of benzene rings is 2. The van der Waals surface area contributed by atoms with E-state index in [0.717, 1.165) is 15.7 Å². The van der Waals surface area contributed by atoms with E-state index in [1.54, 1.807) is 24.1 Å². The molecule has 0 saturated heterocycles. The summed E-state index contributed by atoms with van der Waals surface area (Å²) in [6, 6.07) is 13.4. The summed E-state index contributed by atoms with van der Waals surface area (Å²) < 4.78 is 2.15. The van der Waals surface area contributed by atoms with Gasteiger partial charge in [0.1, 0.15) is 6.54 Å². The van der Waals surface area contributed by atoms with Crippen LogP contribution < -0.4 is 10.5 Å². The number of amides is 1. The van der Waals surface area contributed by atoms with E-state index in [0.29, 0.717) is 17.4 Å². The fourth-order valence-corrected chi connectivity index (χ4v) is 3.13. The molecule has 27 heavy (non-hydrogen) atoms. The molecule has 0 aliphatic rings. The molecule has 1 heterocycles. The fourth-order valence-electron chi connectivity index (χ4n) is 2.77. The van der Waals surface area contributed by atoms with E-state index in [2.05, 4.69) is 20.9 Å². The van der Waals surface area contributed by atoms with Crippen molar-refractivity contribution in [2.45, 2.75) is 13.1 Å². The third kappa shape index (κ3) is 4.36. The van der Waals surface area contributed by atoms with Crippen LogP contribution in [0.2, 0.25) is 0 Å². The number of carbonyl (C=O) groups excluding carboxylic acids is 1. The number of carbonyl (C=O) groups is 1. The van der Waals surface area contributed by atoms with Gasteiger partial charge in [-0.3, -0.25) is 14.2 Å². The molecule has 2 aromatic carbocycles. The SMILES string of the molecule is CN(Cc1ccc(N(C)C)cc1)C(=O)Cn1cnc2ccc(Br)cc2c1=O. The number of likely N-dealkylation sites (N-methyl/N-ethyl adjacent to an activating group) is 1. The van der Waals surface area contributed by atoms with Gasteiger partial charge in [0.2, 0.25) is 5.91 Å². The zero-order valence-electron chi connectivity index (χ0n) is 15.5. The number of fused-ring (bicyclic) bond motifs is 1. The molecule has 0 spiro atoms. The highest BCUT2D eigenvalue weighted by Gasteiger charge is 2.13. The number of rotatable bonds is 5. The van der Waals surface area contributed by atoms with Crippen molar-refractivity contribution in [1.82, 2.24) is 14.5 Å². The summed E-state index contributed by atoms with van der Waals surface area (Å²) in [6.07, 6.45) is 1.43. The molecule has 140 valence electrons. The minimum atomic E-state index is -0.224. The molecule has 3 aromatic rings. The second kappa shape index (κ2) is 7.92. The van der Waals surface area contributed by atoms with E-state index < -0.39 is 0 Å². The maximum atomic E-state index is 12.6. The minimum Gasteiger partial charge on any atom is -0.378 e. The van der Waals surface area contributed by atoms with Crippen LogP contribution in [0.1, 0.15) is 5.56 Å². The average molecular weight is 429 g/mol. The highest BCUT2D eigenvalue weighted by Crippen LogP contribution is 2.15. The van der Waals surface area contributed by atoms with E-state index >= 15 is 0 Å². The zero-order chi connectivity index (χ0) is 19.6. The van der Waals surface area contributed by atoms with Gasteiger partial charge in [-0.2, -0.15) is 0 Å². The minimum absolute atomic E-state index is 0.0411. The zero-order valence-corrected chi connectivity index (χ0v) is 17.1. The van der Waals surface area contributed by atoms with Gasteiger partial charge in [-0.25, -0.2) is 4.98 Å². The maximum Gasteiger partial charge on any atom is 0.261 e. The van der Waals surface area contributed by atoms with Crippen molar-refractivity contribution in [3.63, 3.8) is 0 Å². The molecule has 0 fully saturated rings. The van der Waals surface area contributed by atoms with Crippen molar-refractivity contribution in [2.24, 2.45) is 0 Å². The molecule has 0 bridgehead atoms. The van der Waals surface area contributed by atoms with Crippen LogP contribution in [0.5, 0.6) is 0 Å². The Labute approximate surface area is 166 Å². The Morgan fingerprint density at radius 1 is 1.11 bits per heavy atom. The first-order valence-corrected chi connectivity index (χ1v) is 9.29. The van der Waals surface area contributed by atoms with Crippen molar-refractivity contribution in [3.8, 4) is 0 Å². The summed E-state index contributed by atoms with van der Waals surface area (Å²) in [7, 11) is 5.70. The van der Waals surface area contributed by atoms with E-state index in [1.807, 2.05) is 49.3 Å². The lowest BCUT2D eigenvalue weighted by Gasteiger charge is -2.19. The van der Waals surface area contributed by atoms with Gasteiger partial charge in [0.15, 0.2) is 0 Å². The number of halogens is 1. The van der Waals surface area contributed by atoms with Crippen LogP contribution in [0.3, 0.4) is 0 Å². The fraction of sp³-hybridized carbons (Fsp3) is 0.250. The Kier molecular flexibility index (Phi) is 5.60. The monoisotopic (exact) mass is 428 g/mol. The van der Waals surface area contributed by atoms with Crippen LogP contribution in [0.4, 0.5) is 5.69 Å². The molecule has 1 aromatic heterocycles. The number of aromatic nitrogens is 2. The molecular formula is C20H21BrN4O2. The summed E-state index contributed by atoms with van der Waals surface area (Å²) in [4.78, 5) is 33.1. The molecular weight excluding hydrogens is 408 g/mol. The molecule has 0 saturated carbocycles. The van der Waals surface area contributed by atoms with Crippen LogP contribution in [-0.4, -0.2) is 41.5 Å². The van der Waals surface area contributed by atoms with Gasteiger partial charge in [0, 0.05) is 37.8 Å². The van der Waals surface area contributed by atoms with E-state index in [9.17, 15) is 9.59 Å². The maximum absolute atomic E-state index is 12.6. The smallest absolute Gasteiger partial charge is 0.261 e. The van der Waals surface area contributed by atoms with E-state index in [-0.39, 0.29) is 18.0 Å². The number of hydrogen-bond acceptors (Lipinski definition) is 4. The molecule has 0 aliphatic carbocycles. The van der Waals surface area contributed by atoms with Gasteiger partial charge in [-0.15, -0.1) is 0 Å². The van der Waals surface area contributed by atoms with Crippen molar-refractivity contribution in [1.29, 1.82) is 0 Å². The third-order valence-corrected chi connectivity index (χ3v) is 4.88. The van der Waals surface area contributed by atoms with Crippen LogP contribution in [0.15, 0.2) is 58.1 Å². The first-order valence-electron chi connectivity index (χ1n) is 8.50. The van der Waals surface area contributed by atoms with Crippen molar-refractivity contribution in [3.05, 3.63) is 69.2 Å². The molecule has 0 aliphatic heterocycles. The van der Waals surface area contributed by atoms with Crippen LogP contribution in [0, 0.1) is 0 Å². The Hall–Kier alpha value is -2.67. The highest BCUT2D eigenvalue weighted by atomic mass is 79.9. The Morgan fingerprint density at radius 2 is 1.81 bits per heavy atom. The quantitative estimate of drug-likeness (QED) is 0.626. The summed E-state index contributed by atoms with van der Waals surface area (Å²) in [6.45, 7) is 0.439. The number of nitrogens with zero attached hydrogens (tertiary/aromatic N) is 4. The van der Waals surface area contributed by atoms with Crippen LogP contribution in [0.25, 0.3) is 10.9 Å². The number of hydrogen-bond donors (Lipinski definition) is 0. The summed E-state index contributed by atoms with van der Waals surface area (Å²) in [5, 5.41) is 0.488. The van der Waals surface area contributed by atoms with E-state index in [1.165, 1.54) is 10.9 Å². The molecule has 7 heteroatoms. The Bertz CT molecular complexity index is 1030. The standard InChI is InChI=1S/C20H21BrN4O2/c1-23(2)16-7-4-14(5-8-16)11-24(3)19(26)12-25-13-22-18-9-6-15(21)10-17(18)20(25)27/h4-10,13H,11-12H2,1-3H3. The van der Waals surface area contributed by atoms with Gasteiger partial charge in [-0.1, -0.05) is 28.1 Å². The third-order valence-electron chi connectivity index (χ3n) is 4.39. The average Bonchev–Trinajstić information content (AvgIpc) is 2.64.